The highest BCUT2D eigenvalue weighted by Gasteiger charge is 2.35. The number of carbonyl (C=O) groups is 2. The van der Waals surface area contributed by atoms with Crippen LogP contribution >= 0.6 is 0 Å². The number of benzene rings is 1. The Morgan fingerprint density at radius 3 is 2.32 bits per heavy atom. The smallest absolute Gasteiger partial charge is 0.407 e. The van der Waals surface area contributed by atoms with Gasteiger partial charge in [0.15, 0.2) is 11.6 Å². The van der Waals surface area contributed by atoms with Crippen LogP contribution in [-0.2, 0) is 20.7 Å². The van der Waals surface area contributed by atoms with Crippen molar-refractivity contribution in [3.05, 3.63) is 29.6 Å². The van der Waals surface area contributed by atoms with E-state index in [-0.39, 0.29) is 47.8 Å². The van der Waals surface area contributed by atoms with Crippen LogP contribution < -0.4 is 15.4 Å². The van der Waals surface area contributed by atoms with Crippen molar-refractivity contribution < 1.29 is 33.3 Å². The molecular formula is C32H53FN2O6. The monoisotopic (exact) mass is 580 g/mol. The highest BCUT2D eigenvalue weighted by atomic mass is 19.1. The number of hydrogen-bond donors (Lipinski definition) is 3. The molecule has 0 heterocycles. The first kappa shape index (κ1) is 34.8. The van der Waals surface area contributed by atoms with Crippen molar-refractivity contribution in [2.75, 3.05) is 20.3 Å². The van der Waals surface area contributed by atoms with Gasteiger partial charge in [0, 0.05) is 32.1 Å². The second kappa shape index (κ2) is 16.3. The maximum absolute atomic E-state index is 14.4. The molecule has 2 amide bonds. The molecule has 1 unspecified atom stereocenters. The Labute approximate surface area is 246 Å². The van der Waals surface area contributed by atoms with Crippen LogP contribution in [0.25, 0.3) is 0 Å². The van der Waals surface area contributed by atoms with E-state index in [4.69, 9.17) is 14.2 Å². The van der Waals surface area contributed by atoms with Gasteiger partial charge in [-0.1, -0.05) is 33.8 Å². The summed E-state index contributed by atoms with van der Waals surface area (Å²) in [6, 6.07) is 4.47. The van der Waals surface area contributed by atoms with E-state index >= 15 is 0 Å². The summed E-state index contributed by atoms with van der Waals surface area (Å²) in [5, 5.41) is 17.4. The molecule has 3 N–H and O–H groups in total. The van der Waals surface area contributed by atoms with E-state index in [1.165, 1.54) is 6.07 Å². The van der Waals surface area contributed by atoms with Gasteiger partial charge < -0.3 is 30.0 Å². The molecule has 0 bridgehead atoms. The lowest BCUT2D eigenvalue weighted by atomic mass is 9.80. The van der Waals surface area contributed by atoms with Gasteiger partial charge in [0.1, 0.15) is 5.60 Å². The zero-order chi connectivity index (χ0) is 30.7. The van der Waals surface area contributed by atoms with Gasteiger partial charge in [0.25, 0.3) is 0 Å². The molecular weight excluding hydrogens is 527 g/mol. The van der Waals surface area contributed by atoms with Crippen LogP contribution in [0.2, 0.25) is 0 Å². The third kappa shape index (κ3) is 13.0. The number of carbonyl (C=O) groups excluding carboxylic acids is 2. The fourth-order valence-corrected chi connectivity index (χ4v) is 4.80. The number of amides is 2. The summed E-state index contributed by atoms with van der Waals surface area (Å²) in [4.78, 5) is 25.8. The van der Waals surface area contributed by atoms with E-state index in [2.05, 4.69) is 24.5 Å². The lowest BCUT2D eigenvalue weighted by Gasteiger charge is -2.33. The number of hydrogen-bond acceptors (Lipinski definition) is 6. The first-order chi connectivity index (χ1) is 19.2. The molecule has 1 aliphatic carbocycles. The quantitative estimate of drug-likeness (QED) is 0.206. The standard InChI is InChI=1S/C32H53FN2O6/c1-20(2)23(16-22-10-13-26(33)29(17-22)40-15-9-14-39-8)18-27(35-31(38)41-32(5,6)7)28(36)19-25(21(3)4)30(37)34-24-11-12-24/h10,13,17,20-21,23-25,27-28,36H,9,11-12,14-16,18-19H2,1-8H3,(H,34,37)(H,35,38)/t23?,25-,27-,28-/m0/s1. The normalized spacial score (nSPS) is 16.7. The van der Waals surface area contributed by atoms with Crippen LogP contribution in [0.4, 0.5) is 9.18 Å². The predicted molar refractivity (Wildman–Crippen MR) is 158 cm³/mol. The second-order valence-electron chi connectivity index (χ2n) is 13.1. The van der Waals surface area contributed by atoms with Crippen molar-refractivity contribution >= 4 is 12.0 Å². The van der Waals surface area contributed by atoms with Gasteiger partial charge in [-0.15, -0.1) is 0 Å². The van der Waals surface area contributed by atoms with Gasteiger partial charge in [-0.05, 0) is 88.3 Å². The van der Waals surface area contributed by atoms with Crippen molar-refractivity contribution in [1.82, 2.24) is 10.6 Å². The van der Waals surface area contributed by atoms with E-state index in [0.717, 1.165) is 18.4 Å². The van der Waals surface area contributed by atoms with Crippen molar-refractivity contribution in [3.63, 3.8) is 0 Å². The summed E-state index contributed by atoms with van der Waals surface area (Å²) in [6.45, 7) is 14.4. The van der Waals surface area contributed by atoms with Gasteiger partial charge in [-0.2, -0.15) is 0 Å². The number of ether oxygens (including phenoxy) is 3. The molecule has 4 atom stereocenters. The Morgan fingerprint density at radius 1 is 1.07 bits per heavy atom. The molecule has 0 spiro atoms. The van der Waals surface area contributed by atoms with E-state index in [9.17, 15) is 19.1 Å². The molecule has 234 valence electrons. The third-order valence-electron chi connectivity index (χ3n) is 7.47. The number of aliphatic hydroxyl groups is 1. The zero-order valence-electron chi connectivity index (χ0n) is 26.3. The molecule has 41 heavy (non-hydrogen) atoms. The second-order valence-corrected chi connectivity index (χ2v) is 13.1. The lowest BCUT2D eigenvalue weighted by molar-refractivity contribution is -0.127. The average molecular weight is 581 g/mol. The topological polar surface area (TPSA) is 106 Å². The van der Waals surface area contributed by atoms with Crippen molar-refractivity contribution in [2.24, 2.45) is 23.7 Å². The van der Waals surface area contributed by atoms with Crippen LogP contribution in [0.5, 0.6) is 5.75 Å². The SMILES string of the molecule is COCCCOc1cc(CC(C[C@H](NC(=O)OC(C)(C)C)[C@@H](O)C[C@H](C(=O)NC2CC2)C(C)C)C(C)C)ccc1F. The number of rotatable bonds is 17. The molecule has 8 nitrogen and oxygen atoms in total. The van der Waals surface area contributed by atoms with Crippen LogP contribution in [-0.4, -0.2) is 61.2 Å². The molecule has 0 radical (unpaired) electrons. The average Bonchev–Trinajstić information content (AvgIpc) is 3.68. The largest absolute Gasteiger partial charge is 0.490 e. The van der Waals surface area contributed by atoms with Gasteiger partial charge in [-0.25, -0.2) is 9.18 Å². The molecule has 1 aromatic rings. The number of methoxy groups -OCH3 is 1. The van der Waals surface area contributed by atoms with E-state index in [1.807, 2.05) is 13.8 Å². The van der Waals surface area contributed by atoms with Gasteiger partial charge in [-0.3, -0.25) is 4.79 Å². The first-order valence-electron chi connectivity index (χ1n) is 15.1. The summed E-state index contributed by atoms with van der Waals surface area (Å²) in [5.74, 6) is -0.409. The molecule has 2 rings (SSSR count). The fourth-order valence-electron chi connectivity index (χ4n) is 4.80. The Bertz CT molecular complexity index is 960. The Kier molecular flexibility index (Phi) is 13.8. The number of alkyl carbamates (subject to hydrolysis) is 1. The minimum atomic E-state index is -0.964. The first-order valence-corrected chi connectivity index (χ1v) is 15.1. The van der Waals surface area contributed by atoms with Crippen molar-refractivity contribution in [1.29, 1.82) is 0 Å². The Morgan fingerprint density at radius 2 is 1.76 bits per heavy atom. The van der Waals surface area contributed by atoms with E-state index in [0.29, 0.717) is 32.5 Å². The maximum Gasteiger partial charge on any atom is 0.407 e. The molecule has 1 saturated carbocycles. The molecule has 1 fully saturated rings. The molecule has 1 aliphatic rings. The highest BCUT2D eigenvalue weighted by molar-refractivity contribution is 5.79. The maximum atomic E-state index is 14.4. The minimum Gasteiger partial charge on any atom is -0.490 e. The van der Waals surface area contributed by atoms with Crippen molar-refractivity contribution in [3.8, 4) is 5.75 Å². The summed E-state index contributed by atoms with van der Waals surface area (Å²) in [5.41, 5.74) is 0.205. The highest BCUT2D eigenvalue weighted by Crippen LogP contribution is 2.29. The van der Waals surface area contributed by atoms with Crippen LogP contribution in [0, 0.1) is 29.5 Å². The van der Waals surface area contributed by atoms with Gasteiger partial charge >= 0.3 is 6.09 Å². The van der Waals surface area contributed by atoms with Crippen LogP contribution in [0.3, 0.4) is 0 Å². The summed E-state index contributed by atoms with van der Waals surface area (Å²) >= 11 is 0. The summed E-state index contributed by atoms with van der Waals surface area (Å²) < 4.78 is 30.6. The molecule has 0 aromatic heterocycles. The number of aliphatic hydroxyl groups excluding tert-OH is 1. The minimum absolute atomic E-state index is 0.0213. The van der Waals surface area contributed by atoms with E-state index in [1.54, 1.807) is 40.0 Å². The van der Waals surface area contributed by atoms with E-state index < -0.39 is 29.7 Å². The van der Waals surface area contributed by atoms with Gasteiger partial charge in [0.2, 0.25) is 5.91 Å². The zero-order valence-corrected chi connectivity index (χ0v) is 26.3. The number of nitrogens with one attached hydrogen (secondary N) is 2. The third-order valence-corrected chi connectivity index (χ3v) is 7.47. The number of halogens is 1. The summed E-state index contributed by atoms with van der Waals surface area (Å²) in [6.07, 6.45) is 2.33. The Hall–Kier alpha value is -2.39. The van der Waals surface area contributed by atoms with Crippen LogP contribution in [0.1, 0.15) is 86.1 Å². The Balaban J connectivity index is 2.22. The van der Waals surface area contributed by atoms with Gasteiger partial charge in [0.05, 0.1) is 18.8 Å². The lowest BCUT2D eigenvalue weighted by Crippen LogP contribution is -2.49. The fraction of sp³-hybridized carbons (Fsp3) is 0.750. The molecule has 0 aliphatic heterocycles. The molecule has 9 heteroatoms. The summed E-state index contributed by atoms with van der Waals surface area (Å²) in [7, 11) is 1.61. The molecule has 1 aromatic carbocycles. The van der Waals surface area contributed by atoms with Crippen LogP contribution in [0.15, 0.2) is 18.2 Å². The molecule has 0 saturated heterocycles. The van der Waals surface area contributed by atoms with Crippen molar-refractivity contribution in [2.45, 2.75) is 111 Å². The predicted octanol–water partition coefficient (Wildman–Crippen LogP) is 5.64.